The summed E-state index contributed by atoms with van der Waals surface area (Å²) < 4.78 is 59.7. The van der Waals surface area contributed by atoms with Crippen LogP contribution in [0.25, 0.3) is 0 Å². The van der Waals surface area contributed by atoms with Gasteiger partial charge in [0.15, 0.2) is 11.6 Å². The predicted octanol–water partition coefficient (Wildman–Crippen LogP) is 2.33. The second-order valence-corrected chi connectivity index (χ2v) is 7.61. The molecule has 0 amide bonds. The molecule has 1 aliphatic rings. The number of benzene rings is 1. The molecule has 26 heavy (non-hydrogen) atoms. The standard InChI is InChI=1S/C16H17F2NO6S/c1-9(20)25-8-10-6-12(17)15(13(18)7-10)19-26(23,24)14-5-3-2-4-11(14)16(21)22/h4,6-7,14,19H,2-3,5,8H2,1H3,(H,21,22). The number of nitrogens with one attached hydrogen (secondary N) is 1. The van der Waals surface area contributed by atoms with Crippen molar-refractivity contribution < 1.29 is 36.6 Å². The number of hydrogen-bond acceptors (Lipinski definition) is 5. The Balaban J connectivity index is 2.29. The maximum absolute atomic E-state index is 14.2. The predicted molar refractivity (Wildman–Crippen MR) is 87.7 cm³/mol. The zero-order valence-corrected chi connectivity index (χ0v) is 14.6. The molecule has 10 heteroatoms. The normalized spacial score (nSPS) is 17.3. The summed E-state index contributed by atoms with van der Waals surface area (Å²) in [4.78, 5) is 22.0. The summed E-state index contributed by atoms with van der Waals surface area (Å²) in [5, 5.41) is 7.73. The summed E-state index contributed by atoms with van der Waals surface area (Å²) in [7, 11) is -4.38. The fourth-order valence-electron chi connectivity index (χ4n) is 2.60. The van der Waals surface area contributed by atoms with E-state index >= 15 is 0 Å². The molecule has 7 nitrogen and oxygen atoms in total. The Morgan fingerprint density at radius 1 is 1.31 bits per heavy atom. The maximum atomic E-state index is 14.2. The third-order valence-electron chi connectivity index (χ3n) is 3.79. The van der Waals surface area contributed by atoms with Crippen LogP contribution in [0.15, 0.2) is 23.8 Å². The Morgan fingerprint density at radius 2 is 1.92 bits per heavy atom. The number of carbonyl (C=O) groups excluding carboxylic acids is 1. The highest BCUT2D eigenvalue weighted by atomic mass is 32.2. The minimum Gasteiger partial charge on any atom is -0.478 e. The van der Waals surface area contributed by atoms with Gasteiger partial charge < -0.3 is 9.84 Å². The first kappa shape index (κ1) is 19.8. The highest BCUT2D eigenvalue weighted by Crippen LogP contribution is 2.29. The Bertz CT molecular complexity index is 842. The van der Waals surface area contributed by atoms with Crippen LogP contribution < -0.4 is 4.72 Å². The molecular formula is C16H17F2NO6S. The van der Waals surface area contributed by atoms with Crippen LogP contribution in [0.1, 0.15) is 31.7 Å². The zero-order valence-electron chi connectivity index (χ0n) is 13.8. The maximum Gasteiger partial charge on any atom is 0.332 e. The Morgan fingerprint density at radius 3 is 2.46 bits per heavy atom. The van der Waals surface area contributed by atoms with Gasteiger partial charge in [-0.2, -0.15) is 0 Å². The Kier molecular flexibility index (Phi) is 5.96. The van der Waals surface area contributed by atoms with Gasteiger partial charge in [0.2, 0.25) is 10.0 Å². The van der Waals surface area contributed by atoms with Crippen molar-refractivity contribution in [2.75, 3.05) is 4.72 Å². The van der Waals surface area contributed by atoms with Crippen LogP contribution in [0.3, 0.4) is 0 Å². The first-order valence-corrected chi connectivity index (χ1v) is 9.22. The van der Waals surface area contributed by atoms with E-state index in [2.05, 4.69) is 4.74 Å². The third-order valence-corrected chi connectivity index (χ3v) is 5.52. The van der Waals surface area contributed by atoms with Crippen molar-refractivity contribution in [2.45, 2.75) is 38.0 Å². The van der Waals surface area contributed by atoms with E-state index < -0.39 is 44.5 Å². The van der Waals surface area contributed by atoms with E-state index in [0.29, 0.717) is 12.8 Å². The summed E-state index contributed by atoms with van der Waals surface area (Å²) in [5.74, 6) is -4.43. The monoisotopic (exact) mass is 389 g/mol. The van der Waals surface area contributed by atoms with E-state index in [4.69, 9.17) is 5.11 Å². The molecule has 0 bridgehead atoms. The summed E-state index contributed by atoms with van der Waals surface area (Å²) in [6.07, 6.45) is 2.18. The largest absolute Gasteiger partial charge is 0.478 e. The van der Waals surface area contributed by atoms with Gasteiger partial charge in [-0.25, -0.2) is 22.0 Å². The van der Waals surface area contributed by atoms with E-state index in [1.807, 2.05) is 4.72 Å². The lowest BCUT2D eigenvalue weighted by Crippen LogP contribution is -2.34. The number of carboxylic acids is 1. The van der Waals surface area contributed by atoms with Crippen LogP contribution in [0.2, 0.25) is 0 Å². The Hall–Kier alpha value is -2.49. The molecule has 0 heterocycles. The summed E-state index contributed by atoms with van der Waals surface area (Å²) in [6.45, 7) is 0.762. The van der Waals surface area contributed by atoms with Crippen molar-refractivity contribution in [1.82, 2.24) is 0 Å². The lowest BCUT2D eigenvalue weighted by atomic mass is 9.99. The van der Waals surface area contributed by atoms with Crippen molar-refractivity contribution in [3.63, 3.8) is 0 Å². The van der Waals surface area contributed by atoms with E-state index in [9.17, 15) is 26.8 Å². The number of hydrogen-bond donors (Lipinski definition) is 2. The van der Waals surface area contributed by atoms with Gasteiger partial charge in [-0.05, 0) is 37.0 Å². The van der Waals surface area contributed by atoms with Gasteiger partial charge in [0, 0.05) is 6.92 Å². The van der Waals surface area contributed by atoms with Crippen LogP contribution in [-0.2, 0) is 31.0 Å². The van der Waals surface area contributed by atoms with E-state index in [-0.39, 0.29) is 24.2 Å². The number of allylic oxidation sites excluding steroid dienone is 1. The zero-order chi connectivity index (χ0) is 19.5. The van der Waals surface area contributed by atoms with E-state index in [1.165, 1.54) is 6.08 Å². The molecule has 0 aliphatic heterocycles. The molecule has 0 saturated heterocycles. The lowest BCUT2D eigenvalue weighted by molar-refractivity contribution is -0.142. The number of anilines is 1. The van der Waals surface area contributed by atoms with Crippen LogP contribution in [0.5, 0.6) is 0 Å². The Labute approximate surface area is 148 Å². The van der Waals surface area contributed by atoms with Gasteiger partial charge in [-0.1, -0.05) is 6.08 Å². The van der Waals surface area contributed by atoms with Gasteiger partial charge in [-0.15, -0.1) is 0 Å². The second-order valence-electron chi connectivity index (χ2n) is 5.75. The summed E-state index contributed by atoms with van der Waals surface area (Å²) in [6, 6.07) is 1.66. The summed E-state index contributed by atoms with van der Waals surface area (Å²) >= 11 is 0. The highest BCUT2D eigenvalue weighted by Gasteiger charge is 2.35. The number of sulfonamides is 1. The molecule has 2 rings (SSSR count). The van der Waals surface area contributed by atoms with Gasteiger partial charge in [0.1, 0.15) is 17.5 Å². The molecule has 0 aromatic heterocycles. The quantitative estimate of drug-likeness (QED) is 0.723. The molecule has 1 unspecified atom stereocenters. The van der Waals surface area contributed by atoms with E-state index in [1.54, 1.807) is 0 Å². The number of ether oxygens (including phenoxy) is 1. The van der Waals surface area contributed by atoms with Crippen molar-refractivity contribution >= 4 is 27.6 Å². The van der Waals surface area contributed by atoms with Crippen LogP contribution in [0, 0.1) is 11.6 Å². The average molecular weight is 389 g/mol. The molecule has 1 aromatic carbocycles. The second kappa shape index (κ2) is 7.81. The number of carboxylic acid groups (broad SMARTS) is 1. The molecule has 0 fully saturated rings. The van der Waals surface area contributed by atoms with Crippen LogP contribution in [0.4, 0.5) is 14.5 Å². The average Bonchev–Trinajstić information content (AvgIpc) is 2.56. The van der Waals surface area contributed by atoms with Crippen molar-refractivity contribution in [2.24, 2.45) is 0 Å². The minimum atomic E-state index is -4.38. The lowest BCUT2D eigenvalue weighted by Gasteiger charge is -2.23. The van der Waals surface area contributed by atoms with Crippen molar-refractivity contribution in [3.8, 4) is 0 Å². The molecule has 0 radical (unpaired) electrons. The number of carbonyl (C=O) groups is 2. The van der Waals surface area contributed by atoms with Crippen LogP contribution >= 0.6 is 0 Å². The fourth-order valence-corrected chi connectivity index (χ4v) is 4.23. The van der Waals surface area contributed by atoms with Crippen LogP contribution in [-0.4, -0.2) is 30.7 Å². The first-order valence-electron chi connectivity index (χ1n) is 7.68. The van der Waals surface area contributed by atoms with E-state index in [0.717, 1.165) is 19.1 Å². The summed E-state index contributed by atoms with van der Waals surface area (Å²) in [5.41, 5.74) is -1.23. The topological polar surface area (TPSA) is 110 Å². The van der Waals surface area contributed by atoms with Gasteiger partial charge in [0.25, 0.3) is 0 Å². The number of esters is 1. The highest BCUT2D eigenvalue weighted by molar-refractivity contribution is 7.93. The molecular weight excluding hydrogens is 372 g/mol. The molecule has 0 spiro atoms. The number of halogens is 2. The number of rotatable bonds is 6. The smallest absolute Gasteiger partial charge is 0.332 e. The van der Waals surface area contributed by atoms with Gasteiger partial charge in [0.05, 0.1) is 5.57 Å². The molecule has 2 N–H and O–H groups in total. The molecule has 142 valence electrons. The number of aliphatic carboxylic acids is 1. The molecule has 1 aromatic rings. The third kappa shape index (κ3) is 4.57. The first-order chi connectivity index (χ1) is 12.1. The fraction of sp³-hybridized carbons (Fsp3) is 0.375. The molecule has 1 aliphatic carbocycles. The SMILES string of the molecule is CC(=O)OCc1cc(F)c(NS(=O)(=O)C2CCCC=C2C(=O)O)c(F)c1. The van der Waals surface area contributed by atoms with Gasteiger partial charge in [-0.3, -0.25) is 9.52 Å². The van der Waals surface area contributed by atoms with Crippen molar-refractivity contribution in [3.05, 3.63) is 41.0 Å². The minimum absolute atomic E-state index is 0.00179. The van der Waals surface area contributed by atoms with Crippen molar-refractivity contribution in [1.29, 1.82) is 0 Å². The molecule has 1 atom stereocenters. The molecule has 0 saturated carbocycles. The van der Waals surface area contributed by atoms with Gasteiger partial charge >= 0.3 is 11.9 Å².